The van der Waals surface area contributed by atoms with E-state index in [1.165, 1.54) is 12.1 Å². The van der Waals surface area contributed by atoms with Gasteiger partial charge in [-0.15, -0.1) is 0 Å². The molecule has 0 bridgehead atoms. The highest BCUT2D eigenvalue weighted by Gasteiger charge is 2.31. The molecular weight excluding hydrogens is 273 g/mol. The fourth-order valence-corrected chi connectivity index (χ4v) is 2.85. The number of hydrogen-bond donors (Lipinski definition) is 2. The second kappa shape index (κ2) is 5.48. The lowest BCUT2D eigenvalue weighted by Crippen LogP contribution is -2.42. The molecule has 0 unspecified atom stereocenters. The van der Waals surface area contributed by atoms with Crippen LogP contribution in [0.1, 0.15) is 31.2 Å². The molecule has 0 spiro atoms. The van der Waals surface area contributed by atoms with Gasteiger partial charge in [-0.1, -0.05) is 12.8 Å². The van der Waals surface area contributed by atoms with E-state index in [2.05, 4.69) is 5.32 Å². The highest BCUT2D eigenvalue weighted by atomic mass is 19.1. The van der Waals surface area contributed by atoms with Crippen LogP contribution in [0, 0.1) is 5.82 Å². The lowest BCUT2D eigenvalue weighted by Gasteiger charge is -2.23. The van der Waals surface area contributed by atoms with Crippen LogP contribution < -0.4 is 10.1 Å². The number of fused-ring (bicyclic) bond motifs is 1. The van der Waals surface area contributed by atoms with Gasteiger partial charge in [0.2, 0.25) is 0 Å². The second-order valence-electron chi connectivity index (χ2n) is 5.75. The van der Waals surface area contributed by atoms with E-state index in [9.17, 15) is 14.3 Å². The first kappa shape index (κ1) is 14.1. The molecule has 1 aliphatic heterocycles. The number of amides is 1. The normalized spacial score (nSPS) is 19.4. The molecule has 1 aliphatic carbocycles. The first-order valence-corrected chi connectivity index (χ1v) is 7.19. The molecule has 1 fully saturated rings. The van der Waals surface area contributed by atoms with Gasteiger partial charge in [-0.05, 0) is 37.1 Å². The van der Waals surface area contributed by atoms with E-state index < -0.39 is 5.60 Å². The van der Waals surface area contributed by atoms with Crippen molar-refractivity contribution in [2.45, 2.75) is 31.3 Å². The summed E-state index contributed by atoms with van der Waals surface area (Å²) in [5.41, 5.74) is 0.219. The van der Waals surface area contributed by atoms with Gasteiger partial charge in [0.15, 0.2) is 0 Å². The predicted octanol–water partition coefficient (Wildman–Crippen LogP) is 2.02. The minimum Gasteiger partial charge on any atom is -0.488 e. The molecular formula is C16H18FNO3. The number of rotatable bonds is 3. The third-order valence-electron chi connectivity index (χ3n) is 4.09. The number of benzene rings is 1. The van der Waals surface area contributed by atoms with E-state index in [1.807, 2.05) is 0 Å². The summed E-state index contributed by atoms with van der Waals surface area (Å²) in [7, 11) is 0. The number of carbonyl (C=O) groups excluding carboxylic acids is 1. The summed E-state index contributed by atoms with van der Waals surface area (Å²) >= 11 is 0. The Labute approximate surface area is 122 Å². The van der Waals surface area contributed by atoms with Crippen molar-refractivity contribution in [1.29, 1.82) is 0 Å². The fraction of sp³-hybridized carbons (Fsp3) is 0.438. The van der Waals surface area contributed by atoms with Crippen LogP contribution in [0.4, 0.5) is 4.39 Å². The minimum atomic E-state index is -0.782. The number of hydrogen-bond acceptors (Lipinski definition) is 3. The van der Waals surface area contributed by atoms with Gasteiger partial charge in [0.25, 0.3) is 5.91 Å². The maximum atomic E-state index is 13.2. The van der Waals surface area contributed by atoms with Crippen LogP contribution in [0.2, 0.25) is 0 Å². The van der Waals surface area contributed by atoms with Gasteiger partial charge >= 0.3 is 0 Å². The quantitative estimate of drug-likeness (QED) is 0.896. The van der Waals surface area contributed by atoms with E-state index in [4.69, 9.17) is 4.74 Å². The van der Waals surface area contributed by atoms with Crippen LogP contribution in [0.15, 0.2) is 23.8 Å². The van der Waals surface area contributed by atoms with Crippen molar-refractivity contribution in [1.82, 2.24) is 5.32 Å². The predicted molar refractivity (Wildman–Crippen MR) is 76.3 cm³/mol. The van der Waals surface area contributed by atoms with E-state index in [0.717, 1.165) is 25.7 Å². The van der Waals surface area contributed by atoms with Gasteiger partial charge in [0.1, 0.15) is 18.2 Å². The molecule has 5 heteroatoms. The summed E-state index contributed by atoms with van der Waals surface area (Å²) in [6.07, 6.45) is 5.05. The van der Waals surface area contributed by atoms with Gasteiger partial charge in [0, 0.05) is 12.1 Å². The molecule has 4 nitrogen and oxygen atoms in total. The molecule has 0 saturated heterocycles. The Balaban J connectivity index is 1.68. The van der Waals surface area contributed by atoms with Crippen LogP contribution in [-0.2, 0) is 4.79 Å². The summed E-state index contributed by atoms with van der Waals surface area (Å²) in [6.45, 7) is 0.405. The molecule has 0 atom stereocenters. The monoisotopic (exact) mass is 291 g/mol. The summed E-state index contributed by atoms with van der Waals surface area (Å²) in [5.74, 6) is -0.0665. The molecule has 0 radical (unpaired) electrons. The van der Waals surface area contributed by atoms with Crippen molar-refractivity contribution in [3.05, 3.63) is 35.2 Å². The summed E-state index contributed by atoms with van der Waals surface area (Å²) < 4.78 is 18.7. The van der Waals surface area contributed by atoms with Crippen molar-refractivity contribution in [2.24, 2.45) is 0 Å². The van der Waals surface area contributed by atoms with Gasteiger partial charge in [-0.2, -0.15) is 0 Å². The lowest BCUT2D eigenvalue weighted by atomic mass is 10.0. The molecule has 0 aromatic heterocycles. The minimum absolute atomic E-state index is 0.156. The molecule has 1 saturated carbocycles. The number of carbonyl (C=O) groups is 1. The molecule has 1 aromatic rings. The third-order valence-corrected chi connectivity index (χ3v) is 4.09. The molecule has 2 N–H and O–H groups in total. The fourth-order valence-electron chi connectivity index (χ4n) is 2.85. The first-order chi connectivity index (χ1) is 10.1. The number of ether oxygens (including phenoxy) is 1. The zero-order valence-electron chi connectivity index (χ0n) is 11.7. The molecule has 1 aromatic carbocycles. The largest absolute Gasteiger partial charge is 0.488 e. The lowest BCUT2D eigenvalue weighted by molar-refractivity contribution is -0.119. The van der Waals surface area contributed by atoms with Crippen LogP contribution in [-0.4, -0.2) is 29.8 Å². The average molecular weight is 291 g/mol. The van der Waals surface area contributed by atoms with Crippen molar-refractivity contribution in [3.8, 4) is 5.75 Å². The Morgan fingerprint density at radius 3 is 2.90 bits per heavy atom. The molecule has 2 aliphatic rings. The van der Waals surface area contributed by atoms with Crippen molar-refractivity contribution in [3.63, 3.8) is 0 Å². The van der Waals surface area contributed by atoms with Gasteiger partial charge in [0.05, 0.1) is 11.2 Å². The Hall–Kier alpha value is -1.88. The third kappa shape index (κ3) is 3.08. The topological polar surface area (TPSA) is 58.6 Å². The van der Waals surface area contributed by atoms with E-state index in [1.54, 1.807) is 12.1 Å². The summed E-state index contributed by atoms with van der Waals surface area (Å²) in [4.78, 5) is 12.1. The highest BCUT2D eigenvalue weighted by molar-refractivity contribution is 5.99. The second-order valence-corrected chi connectivity index (χ2v) is 5.75. The van der Waals surface area contributed by atoms with Gasteiger partial charge in [-0.3, -0.25) is 4.79 Å². The maximum Gasteiger partial charge on any atom is 0.250 e. The number of aliphatic hydroxyl groups is 1. The van der Waals surface area contributed by atoms with Crippen molar-refractivity contribution < 1.29 is 19.0 Å². The standard InChI is InChI=1S/C16H18FNO3/c17-13-3-4-14-11(8-13)7-12(9-21-14)15(19)18-10-16(20)5-1-2-6-16/h3-4,7-8,20H,1-2,5-6,9-10H2,(H,18,19). The number of halogens is 1. The molecule has 1 heterocycles. The Morgan fingerprint density at radius 2 is 2.14 bits per heavy atom. The Kier molecular flexibility index (Phi) is 3.68. The van der Waals surface area contributed by atoms with Crippen LogP contribution in [0.3, 0.4) is 0 Å². The molecule has 112 valence electrons. The van der Waals surface area contributed by atoms with Crippen molar-refractivity contribution >= 4 is 12.0 Å². The average Bonchev–Trinajstić information content (AvgIpc) is 2.91. The van der Waals surface area contributed by atoms with E-state index >= 15 is 0 Å². The Bertz CT molecular complexity index is 591. The zero-order chi connectivity index (χ0) is 14.9. The highest BCUT2D eigenvalue weighted by Crippen LogP contribution is 2.29. The summed E-state index contributed by atoms with van der Waals surface area (Å²) in [6, 6.07) is 4.22. The van der Waals surface area contributed by atoms with Gasteiger partial charge < -0.3 is 15.2 Å². The zero-order valence-corrected chi connectivity index (χ0v) is 11.7. The first-order valence-electron chi connectivity index (χ1n) is 7.19. The van der Waals surface area contributed by atoms with Gasteiger partial charge in [-0.25, -0.2) is 4.39 Å². The Morgan fingerprint density at radius 1 is 1.38 bits per heavy atom. The smallest absolute Gasteiger partial charge is 0.250 e. The van der Waals surface area contributed by atoms with Crippen LogP contribution in [0.5, 0.6) is 5.75 Å². The van der Waals surface area contributed by atoms with E-state index in [0.29, 0.717) is 16.9 Å². The maximum absolute atomic E-state index is 13.2. The molecule has 3 rings (SSSR count). The molecule has 1 amide bonds. The SMILES string of the molecule is O=C(NCC1(O)CCCC1)C1=Cc2cc(F)ccc2OC1. The number of nitrogens with one attached hydrogen (secondary N) is 1. The molecule has 21 heavy (non-hydrogen) atoms. The van der Waals surface area contributed by atoms with Crippen LogP contribution >= 0.6 is 0 Å². The van der Waals surface area contributed by atoms with Crippen LogP contribution in [0.25, 0.3) is 6.08 Å². The van der Waals surface area contributed by atoms with Crippen molar-refractivity contribution in [2.75, 3.05) is 13.2 Å². The van der Waals surface area contributed by atoms with E-state index in [-0.39, 0.29) is 24.9 Å². The summed E-state index contributed by atoms with van der Waals surface area (Å²) in [5, 5.41) is 13.0.